The molecule has 0 rings (SSSR count). The van der Waals surface area contributed by atoms with Gasteiger partial charge in [0.25, 0.3) is 0 Å². The molecule has 9 heavy (non-hydrogen) atoms. The summed E-state index contributed by atoms with van der Waals surface area (Å²) in [5, 5.41) is 17.3. The maximum Gasteiger partial charge on any atom is 0.115 e. The van der Waals surface area contributed by atoms with E-state index in [9.17, 15) is 0 Å². The van der Waals surface area contributed by atoms with Crippen LogP contribution >= 0.6 is 0 Å². The molecule has 0 radical (unpaired) electrons. The van der Waals surface area contributed by atoms with Crippen LogP contribution in [0.15, 0.2) is 36.3 Å². The monoisotopic (exact) mass is 126 g/mol. The Hall–Kier alpha value is -1.18. The predicted octanol–water partition coefficient (Wildman–Crippen LogP) is 2.08. The molecule has 0 saturated heterocycles. The smallest absolute Gasteiger partial charge is 0.115 e. The van der Waals surface area contributed by atoms with Gasteiger partial charge in [0.2, 0.25) is 0 Å². The SMILES string of the molecule is C=C/C(O)=C\C=C(/C)O. The molecular formula is C7H10O2. The Morgan fingerprint density at radius 3 is 2.22 bits per heavy atom. The lowest BCUT2D eigenvalue weighted by atomic mass is 10.4. The van der Waals surface area contributed by atoms with Gasteiger partial charge in [0.15, 0.2) is 0 Å². The van der Waals surface area contributed by atoms with Crippen LogP contribution in [-0.2, 0) is 0 Å². The second-order valence-corrected chi connectivity index (χ2v) is 1.60. The molecule has 2 heteroatoms. The van der Waals surface area contributed by atoms with Crippen LogP contribution in [-0.4, -0.2) is 10.2 Å². The molecule has 2 N–H and O–H groups in total. The van der Waals surface area contributed by atoms with Gasteiger partial charge in [-0.15, -0.1) is 0 Å². The van der Waals surface area contributed by atoms with Crippen molar-refractivity contribution in [2.45, 2.75) is 6.92 Å². The maximum absolute atomic E-state index is 8.69. The first-order valence-electron chi connectivity index (χ1n) is 2.55. The van der Waals surface area contributed by atoms with Gasteiger partial charge in [-0.25, -0.2) is 0 Å². The highest BCUT2D eigenvalue weighted by Crippen LogP contribution is 1.91. The van der Waals surface area contributed by atoms with Gasteiger partial charge in [-0.05, 0) is 25.2 Å². The minimum Gasteiger partial charge on any atom is -0.513 e. The van der Waals surface area contributed by atoms with Crippen LogP contribution in [0.25, 0.3) is 0 Å². The van der Waals surface area contributed by atoms with Gasteiger partial charge in [0.1, 0.15) is 5.76 Å². The number of hydrogen-bond acceptors (Lipinski definition) is 2. The molecular weight excluding hydrogens is 116 g/mol. The van der Waals surface area contributed by atoms with Crippen LogP contribution in [0, 0.1) is 0 Å². The van der Waals surface area contributed by atoms with E-state index in [1.165, 1.54) is 25.2 Å². The highest BCUT2D eigenvalue weighted by molar-refractivity contribution is 5.15. The summed E-state index contributed by atoms with van der Waals surface area (Å²) in [6.45, 7) is 4.83. The highest BCUT2D eigenvalue weighted by Gasteiger charge is 1.78. The van der Waals surface area contributed by atoms with Crippen molar-refractivity contribution in [2.24, 2.45) is 0 Å². The largest absolute Gasteiger partial charge is 0.513 e. The van der Waals surface area contributed by atoms with E-state index in [-0.39, 0.29) is 11.5 Å². The van der Waals surface area contributed by atoms with Crippen LogP contribution < -0.4 is 0 Å². The third-order valence-corrected chi connectivity index (χ3v) is 0.704. The lowest BCUT2D eigenvalue weighted by molar-refractivity contribution is 0.411. The number of aliphatic hydroxyl groups is 2. The molecule has 0 aromatic heterocycles. The second kappa shape index (κ2) is 3.78. The Balaban J connectivity index is 3.98. The van der Waals surface area contributed by atoms with E-state index in [4.69, 9.17) is 10.2 Å². The van der Waals surface area contributed by atoms with Crippen molar-refractivity contribution >= 4 is 0 Å². The number of rotatable bonds is 2. The van der Waals surface area contributed by atoms with Crippen molar-refractivity contribution in [3.05, 3.63) is 36.3 Å². The zero-order chi connectivity index (χ0) is 7.28. The third kappa shape index (κ3) is 4.68. The summed E-state index contributed by atoms with van der Waals surface area (Å²) in [7, 11) is 0. The molecule has 0 heterocycles. The third-order valence-electron chi connectivity index (χ3n) is 0.704. The first-order chi connectivity index (χ1) is 4.16. The van der Waals surface area contributed by atoms with Gasteiger partial charge in [-0.3, -0.25) is 0 Å². The molecule has 0 aliphatic heterocycles. The molecule has 0 unspecified atom stereocenters. The fraction of sp³-hybridized carbons (Fsp3) is 0.143. The van der Waals surface area contributed by atoms with Crippen LogP contribution in [0.5, 0.6) is 0 Å². The molecule has 0 fully saturated rings. The Labute approximate surface area is 54.4 Å². The molecule has 0 atom stereocenters. The van der Waals surface area contributed by atoms with Crippen LogP contribution in [0.4, 0.5) is 0 Å². The zero-order valence-corrected chi connectivity index (χ0v) is 5.33. The average Bonchev–Trinajstić information content (AvgIpc) is 1.83. The minimum absolute atomic E-state index is 0.0448. The Kier molecular flexibility index (Phi) is 3.28. The minimum atomic E-state index is 0.0448. The van der Waals surface area contributed by atoms with Gasteiger partial charge in [0.05, 0.1) is 5.76 Å². The molecule has 0 bridgehead atoms. The predicted molar refractivity (Wildman–Crippen MR) is 37.3 cm³/mol. The summed E-state index contributed by atoms with van der Waals surface area (Å²) >= 11 is 0. The number of hydrogen-bond donors (Lipinski definition) is 2. The lowest BCUT2D eigenvalue weighted by Crippen LogP contribution is -1.71. The molecule has 50 valence electrons. The summed E-state index contributed by atoms with van der Waals surface area (Å²) in [6, 6.07) is 0. The van der Waals surface area contributed by atoms with Crippen molar-refractivity contribution in [1.29, 1.82) is 0 Å². The van der Waals surface area contributed by atoms with Crippen molar-refractivity contribution in [3.63, 3.8) is 0 Å². The Morgan fingerprint density at radius 1 is 1.33 bits per heavy atom. The van der Waals surface area contributed by atoms with Crippen LogP contribution in [0.3, 0.4) is 0 Å². The maximum atomic E-state index is 8.69. The summed E-state index contributed by atoms with van der Waals surface area (Å²) in [5.41, 5.74) is 0. The fourth-order valence-electron chi connectivity index (χ4n) is 0.274. The van der Waals surface area contributed by atoms with Gasteiger partial charge in [0, 0.05) is 0 Å². The molecule has 2 nitrogen and oxygen atoms in total. The van der Waals surface area contributed by atoms with E-state index >= 15 is 0 Å². The standard InChI is InChI=1S/C7H10O2/c1-3-7(9)5-4-6(2)8/h3-5,8-9H,1H2,2H3/b6-4+,7-5+. The first kappa shape index (κ1) is 7.82. The summed E-state index contributed by atoms with van der Waals surface area (Å²) in [5.74, 6) is 0.201. The molecule has 0 aromatic carbocycles. The Morgan fingerprint density at radius 2 is 1.89 bits per heavy atom. The van der Waals surface area contributed by atoms with Gasteiger partial charge in [-0.1, -0.05) is 6.58 Å². The fourth-order valence-corrected chi connectivity index (χ4v) is 0.274. The quantitative estimate of drug-likeness (QED) is 0.439. The van der Waals surface area contributed by atoms with Crippen LogP contribution in [0.1, 0.15) is 6.92 Å². The van der Waals surface area contributed by atoms with Gasteiger partial charge >= 0.3 is 0 Å². The molecule has 0 spiro atoms. The van der Waals surface area contributed by atoms with E-state index in [2.05, 4.69) is 6.58 Å². The molecule has 0 amide bonds. The normalized spacial score (nSPS) is 13.4. The zero-order valence-electron chi connectivity index (χ0n) is 5.33. The first-order valence-corrected chi connectivity index (χ1v) is 2.55. The van der Waals surface area contributed by atoms with Crippen LogP contribution in [0.2, 0.25) is 0 Å². The summed E-state index contributed by atoms with van der Waals surface area (Å²) in [4.78, 5) is 0. The molecule has 0 aliphatic carbocycles. The van der Waals surface area contributed by atoms with E-state index in [1.807, 2.05) is 0 Å². The van der Waals surface area contributed by atoms with E-state index < -0.39 is 0 Å². The highest BCUT2D eigenvalue weighted by atomic mass is 16.3. The average molecular weight is 126 g/mol. The van der Waals surface area contributed by atoms with Crippen molar-refractivity contribution in [3.8, 4) is 0 Å². The van der Waals surface area contributed by atoms with Crippen molar-refractivity contribution in [1.82, 2.24) is 0 Å². The summed E-state index contributed by atoms with van der Waals surface area (Å²) < 4.78 is 0. The number of aliphatic hydroxyl groups excluding tert-OH is 2. The molecule has 0 aliphatic rings. The molecule has 0 saturated carbocycles. The Bertz CT molecular complexity index is 150. The lowest BCUT2D eigenvalue weighted by Gasteiger charge is -1.85. The van der Waals surface area contributed by atoms with Crippen molar-refractivity contribution < 1.29 is 10.2 Å². The number of allylic oxidation sites excluding steroid dienone is 4. The molecule has 0 aromatic rings. The summed E-state index contributed by atoms with van der Waals surface area (Å²) in [6.07, 6.45) is 4.04. The topological polar surface area (TPSA) is 40.5 Å². The van der Waals surface area contributed by atoms with Crippen molar-refractivity contribution in [2.75, 3.05) is 0 Å². The second-order valence-electron chi connectivity index (χ2n) is 1.60. The van der Waals surface area contributed by atoms with E-state index in [0.29, 0.717) is 0 Å². The van der Waals surface area contributed by atoms with Gasteiger partial charge < -0.3 is 10.2 Å². The van der Waals surface area contributed by atoms with E-state index in [0.717, 1.165) is 0 Å². The van der Waals surface area contributed by atoms with E-state index in [1.54, 1.807) is 0 Å². The van der Waals surface area contributed by atoms with Gasteiger partial charge in [-0.2, -0.15) is 0 Å².